The van der Waals surface area contributed by atoms with E-state index in [0.29, 0.717) is 0 Å². The number of thioether (sulfide) groups is 1. The lowest BCUT2D eigenvalue weighted by Crippen LogP contribution is -2.35. The molecular weight excluding hydrogens is 252 g/mol. The van der Waals surface area contributed by atoms with Gasteiger partial charge in [-0.25, -0.2) is 0 Å². The zero-order chi connectivity index (χ0) is 14.1. The zero-order valence-corrected chi connectivity index (χ0v) is 13.6. The van der Waals surface area contributed by atoms with Crippen LogP contribution in [0.4, 0.5) is 0 Å². The third-order valence-electron chi connectivity index (χ3n) is 2.91. The molecule has 0 fully saturated rings. The van der Waals surface area contributed by atoms with E-state index in [4.69, 9.17) is 0 Å². The van der Waals surface area contributed by atoms with Gasteiger partial charge < -0.3 is 9.80 Å². The fourth-order valence-corrected chi connectivity index (χ4v) is 2.90. The van der Waals surface area contributed by atoms with Crippen molar-refractivity contribution in [2.45, 2.75) is 18.7 Å². The Morgan fingerprint density at radius 2 is 1.68 bits per heavy atom. The second-order valence-corrected chi connectivity index (χ2v) is 6.83. The molecule has 0 atom stereocenters. The molecule has 0 N–H and O–H groups in total. The molecule has 0 spiro atoms. The first-order valence-corrected chi connectivity index (χ1v) is 8.11. The molecule has 0 radical (unpaired) electrons. The zero-order valence-electron chi connectivity index (χ0n) is 12.8. The fourth-order valence-electron chi connectivity index (χ4n) is 1.96. The maximum atomic E-state index is 2.58. The molecule has 2 nitrogen and oxygen atoms in total. The highest BCUT2D eigenvalue weighted by atomic mass is 32.2. The summed E-state index contributed by atoms with van der Waals surface area (Å²) in [5.74, 6) is 1.91. The molecule has 0 saturated heterocycles. The van der Waals surface area contributed by atoms with Gasteiger partial charge in [0.2, 0.25) is 0 Å². The van der Waals surface area contributed by atoms with Gasteiger partial charge >= 0.3 is 0 Å². The summed E-state index contributed by atoms with van der Waals surface area (Å²) in [6, 6.07) is 10.7. The second kappa shape index (κ2) is 9.40. The lowest BCUT2D eigenvalue weighted by Gasteiger charge is -2.25. The number of rotatable bonds is 9. The molecule has 0 aliphatic carbocycles. The summed E-state index contributed by atoms with van der Waals surface area (Å²) in [6.45, 7) is 9.28. The second-order valence-electron chi connectivity index (χ2n) is 5.66. The van der Waals surface area contributed by atoms with Gasteiger partial charge in [-0.05, 0) is 32.1 Å². The Labute approximate surface area is 123 Å². The van der Waals surface area contributed by atoms with Gasteiger partial charge in [-0.2, -0.15) is 0 Å². The van der Waals surface area contributed by atoms with Gasteiger partial charge in [0.15, 0.2) is 0 Å². The number of benzene rings is 1. The van der Waals surface area contributed by atoms with Gasteiger partial charge in [-0.1, -0.05) is 32.0 Å². The summed E-state index contributed by atoms with van der Waals surface area (Å²) in [6.07, 6.45) is 0. The summed E-state index contributed by atoms with van der Waals surface area (Å²) in [5, 5.41) is 0. The molecule has 0 unspecified atom stereocenters. The van der Waals surface area contributed by atoms with Crippen LogP contribution in [0.1, 0.15) is 13.8 Å². The minimum atomic E-state index is 0.740. The highest BCUT2D eigenvalue weighted by Gasteiger charge is 2.07. The summed E-state index contributed by atoms with van der Waals surface area (Å²) in [4.78, 5) is 6.22. The van der Waals surface area contributed by atoms with Crippen LogP contribution in [0.15, 0.2) is 35.2 Å². The first-order valence-electron chi connectivity index (χ1n) is 7.13. The van der Waals surface area contributed by atoms with Crippen LogP contribution >= 0.6 is 11.8 Å². The SMILES string of the molecule is CC(C)CN(CCSc1ccccc1)CCN(C)C. The maximum Gasteiger partial charge on any atom is 0.0110 e. The van der Waals surface area contributed by atoms with E-state index < -0.39 is 0 Å². The predicted molar refractivity (Wildman–Crippen MR) is 87.0 cm³/mol. The van der Waals surface area contributed by atoms with E-state index in [2.05, 4.69) is 68.1 Å². The van der Waals surface area contributed by atoms with Gasteiger partial charge in [0.25, 0.3) is 0 Å². The van der Waals surface area contributed by atoms with Crippen LogP contribution in [0.5, 0.6) is 0 Å². The van der Waals surface area contributed by atoms with Crippen molar-refractivity contribution >= 4 is 11.8 Å². The van der Waals surface area contributed by atoms with E-state index in [1.54, 1.807) is 0 Å². The Kier molecular flexibility index (Phi) is 8.19. The Morgan fingerprint density at radius 1 is 1.00 bits per heavy atom. The van der Waals surface area contributed by atoms with Crippen LogP contribution in [0.3, 0.4) is 0 Å². The van der Waals surface area contributed by atoms with Crippen molar-refractivity contribution in [2.24, 2.45) is 5.92 Å². The normalized spacial score (nSPS) is 11.7. The lowest BCUT2D eigenvalue weighted by atomic mass is 10.2. The Morgan fingerprint density at radius 3 is 2.26 bits per heavy atom. The van der Waals surface area contributed by atoms with E-state index in [9.17, 15) is 0 Å². The van der Waals surface area contributed by atoms with Crippen molar-refractivity contribution in [2.75, 3.05) is 46.0 Å². The summed E-state index contributed by atoms with van der Waals surface area (Å²) < 4.78 is 0. The summed E-state index contributed by atoms with van der Waals surface area (Å²) >= 11 is 1.95. The largest absolute Gasteiger partial charge is 0.308 e. The molecule has 19 heavy (non-hydrogen) atoms. The number of nitrogens with zero attached hydrogens (tertiary/aromatic N) is 2. The molecule has 108 valence electrons. The van der Waals surface area contributed by atoms with E-state index in [-0.39, 0.29) is 0 Å². The molecular formula is C16H28N2S. The molecule has 3 heteroatoms. The van der Waals surface area contributed by atoms with Gasteiger partial charge in [-0.15, -0.1) is 11.8 Å². The van der Waals surface area contributed by atoms with Crippen molar-refractivity contribution in [3.8, 4) is 0 Å². The standard InChI is InChI=1S/C16H28N2S/c1-15(2)14-18(11-10-17(3)4)12-13-19-16-8-6-5-7-9-16/h5-9,15H,10-14H2,1-4H3. The molecule has 0 amide bonds. The van der Waals surface area contributed by atoms with Gasteiger partial charge in [0, 0.05) is 36.8 Å². The topological polar surface area (TPSA) is 6.48 Å². The average Bonchev–Trinajstić information content (AvgIpc) is 2.36. The first-order chi connectivity index (χ1) is 9.08. The van der Waals surface area contributed by atoms with Crippen molar-refractivity contribution in [1.29, 1.82) is 0 Å². The molecule has 0 bridgehead atoms. The Hall–Kier alpha value is -0.510. The minimum absolute atomic E-state index is 0.740. The van der Waals surface area contributed by atoms with Gasteiger partial charge in [-0.3, -0.25) is 0 Å². The molecule has 0 saturated carbocycles. The molecule has 0 aromatic heterocycles. The minimum Gasteiger partial charge on any atom is -0.308 e. The fraction of sp³-hybridized carbons (Fsp3) is 0.625. The van der Waals surface area contributed by atoms with Crippen molar-refractivity contribution in [1.82, 2.24) is 9.80 Å². The monoisotopic (exact) mass is 280 g/mol. The number of hydrogen-bond donors (Lipinski definition) is 0. The molecule has 0 heterocycles. The molecule has 0 aliphatic rings. The molecule has 1 rings (SSSR count). The summed E-state index contributed by atoms with van der Waals surface area (Å²) in [7, 11) is 4.29. The van der Waals surface area contributed by atoms with E-state index in [0.717, 1.165) is 12.5 Å². The van der Waals surface area contributed by atoms with Crippen LogP contribution in [0.2, 0.25) is 0 Å². The molecule has 0 aliphatic heterocycles. The van der Waals surface area contributed by atoms with E-state index in [1.807, 2.05) is 11.8 Å². The smallest absolute Gasteiger partial charge is 0.0110 e. The third kappa shape index (κ3) is 8.30. The van der Waals surface area contributed by atoms with Gasteiger partial charge in [0.05, 0.1) is 0 Å². The highest BCUT2D eigenvalue weighted by molar-refractivity contribution is 7.99. The van der Waals surface area contributed by atoms with Crippen LogP contribution in [0, 0.1) is 5.92 Å². The van der Waals surface area contributed by atoms with Crippen LogP contribution < -0.4 is 0 Å². The maximum absolute atomic E-state index is 2.58. The Bertz CT molecular complexity index is 325. The number of hydrogen-bond acceptors (Lipinski definition) is 3. The van der Waals surface area contributed by atoms with Crippen LogP contribution in [-0.4, -0.2) is 55.8 Å². The van der Waals surface area contributed by atoms with Crippen LogP contribution in [-0.2, 0) is 0 Å². The van der Waals surface area contributed by atoms with Crippen molar-refractivity contribution in [3.63, 3.8) is 0 Å². The lowest BCUT2D eigenvalue weighted by molar-refractivity contribution is 0.230. The number of likely N-dealkylation sites (N-methyl/N-ethyl adjacent to an activating group) is 1. The highest BCUT2D eigenvalue weighted by Crippen LogP contribution is 2.17. The quantitative estimate of drug-likeness (QED) is 0.641. The predicted octanol–water partition coefficient (Wildman–Crippen LogP) is 3.30. The van der Waals surface area contributed by atoms with E-state index >= 15 is 0 Å². The van der Waals surface area contributed by atoms with Crippen molar-refractivity contribution in [3.05, 3.63) is 30.3 Å². The van der Waals surface area contributed by atoms with Gasteiger partial charge in [0.1, 0.15) is 0 Å². The van der Waals surface area contributed by atoms with Crippen LogP contribution in [0.25, 0.3) is 0 Å². The average molecular weight is 280 g/mol. The van der Waals surface area contributed by atoms with Crippen molar-refractivity contribution < 1.29 is 0 Å². The summed E-state index contributed by atoms with van der Waals surface area (Å²) in [5.41, 5.74) is 0. The Balaban J connectivity index is 2.31. The molecule has 1 aromatic rings. The van der Waals surface area contributed by atoms with E-state index in [1.165, 1.54) is 30.3 Å². The first kappa shape index (κ1) is 16.5. The molecule has 1 aromatic carbocycles. The third-order valence-corrected chi connectivity index (χ3v) is 3.90.